The Morgan fingerprint density at radius 1 is 1.53 bits per heavy atom. The number of esters is 1. The number of thiophene rings is 1. The number of pyridine rings is 1. The number of carbonyl (C=O) groups is 1. The molecule has 5 heteroatoms. The van der Waals surface area contributed by atoms with E-state index in [-0.39, 0.29) is 5.97 Å². The summed E-state index contributed by atoms with van der Waals surface area (Å²) in [5, 5.41) is 0.963. The van der Waals surface area contributed by atoms with Crippen LogP contribution in [-0.2, 0) is 17.6 Å². The number of fused-ring (bicyclic) bond motifs is 3. The standard InChI is InChI=1S/C12H12N2O2S/c1-16-12(15)10-9(13)8-7-4-2-3-6(7)5-14-11(8)17-10/h5H,2-4,13H2,1H3. The van der Waals surface area contributed by atoms with Crippen molar-refractivity contribution < 1.29 is 9.53 Å². The van der Waals surface area contributed by atoms with Crippen molar-refractivity contribution in [2.45, 2.75) is 19.3 Å². The number of hydrogen-bond acceptors (Lipinski definition) is 5. The number of aryl methyl sites for hydroxylation is 2. The van der Waals surface area contributed by atoms with E-state index in [9.17, 15) is 4.79 Å². The summed E-state index contributed by atoms with van der Waals surface area (Å²) in [5.74, 6) is -0.378. The normalized spacial score (nSPS) is 13.9. The van der Waals surface area contributed by atoms with Crippen molar-refractivity contribution in [1.29, 1.82) is 0 Å². The Morgan fingerprint density at radius 2 is 2.35 bits per heavy atom. The number of ether oxygens (including phenoxy) is 1. The molecule has 88 valence electrons. The summed E-state index contributed by atoms with van der Waals surface area (Å²) in [7, 11) is 1.37. The Hall–Kier alpha value is -1.62. The summed E-state index contributed by atoms with van der Waals surface area (Å²) in [6.45, 7) is 0. The second-order valence-corrected chi connectivity index (χ2v) is 5.13. The summed E-state index contributed by atoms with van der Waals surface area (Å²) in [4.78, 5) is 17.3. The summed E-state index contributed by atoms with van der Waals surface area (Å²) in [5.41, 5.74) is 9.11. The van der Waals surface area contributed by atoms with E-state index in [0.29, 0.717) is 10.6 Å². The van der Waals surface area contributed by atoms with Crippen molar-refractivity contribution in [3.05, 3.63) is 22.2 Å². The van der Waals surface area contributed by atoms with Crippen molar-refractivity contribution in [1.82, 2.24) is 4.98 Å². The predicted molar refractivity (Wildman–Crippen MR) is 67.4 cm³/mol. The molecule has 0 radical (unpaired) electrons. The topological polar surface area (TPSA) is 65.2 Å². The lowest BCUT2D eigenvalue weighted by molar-refractivity contribution is 0.0607. The highest BCUT2D eigenvalue weighted by Gasteiger charge is 2.23. The Morgan fingerprint density at radius 3 is 3.12 bits per heavy atom. The lowest BCUT2D eigenvalue weighted by atomic mass is 10.1. The van der Waals surface area contributed by atoms with Gasteiger partial charge in [-0.2, -0.15) is 0 Å². The van der Waals surface area contributed by atoms with Gasteiger partial charge in [0.05, 0.1) is 12.8 Å². The van der Waals surface area contributed by atoms with Gasteiger partial charge >= 0.3 is 5.97 Å². The molecule has 0 unspecified atom stereocenters. The molecule has 2 heterocycles. The van der Waals surface area contributed by atoms with Crippen LogP contribution < -0.4 is 5.73 Å². The first-order valence-corrected chi connectivity index (χ1v) is 6.31. The molecule has 0 fully saturated rings. The zero-order valence-corrected chi connectivity index (χ0v) is 10.3. The second-order valence-electron chi connectivity index (χ2n) is 4.13. The monoisotopic (exact) mass is 248 g/mol. The minimum atomic E-state index is -0.378. The molecular weight excluding hydrogens is 236 g/mol. The van der Waals surface area contributed by atoms with Crippen LogP contribution in [0.1, 0.15) is 27.2 Å². The van der Waals surface area contributed by atoms with Crippen molar-refractivity contribution in [3.8, 4) is 0 Å². The Balaban J connectivity index is 2.31. The fourth-order valence-corrected chi connectivity index (χ4v) is 3.40. The van der Waals surface area contributed by atoms with Crippen LogP contribution in [0.3, 0.4) is 0 Å². The largest absolute Gasteiger partial charge is 0.465 e. The highest BCUT2D eigenvalue weighted by Crippen LogP contribution is 2.38. The molecule has 0 saturated carbocycles. The van der Waals surface area contributed by atoms with E-state index in [4.69, 9.17) is 10.5 Å². The number of methoxy groups -OCH3 is 1. The number of nitrogens with two attached hydrogens (primary N) is 1. The molecule has 1 aliphatic rings. The van der Waals surface area contributed by atoms with Gasteiger partial charge in [-0.1, -0.05) is 0 Å². The highest BCUT2D eigenvalue weighted by molar-refractivity contribution is 7.21. The minimum absolute atomic E-state index is 0.378. The first-order valence-electron chi connectivity index (χ1n) is 5.49. The first kappa shape index (κ1) is 10.5. The van der Waals surface area contributed by atoms with Gasteiger partial charge in [0, 0.05) is 11.6 Å². The van der Waals surface area contributed by atoms with Gasteiger partial charge in [0.2, 0.25) is 0 Å². The summed E-state index contributed by atoms with van der Waals surface area (Å²) in [6.07, 6.45) is 5.12. The van der Waals surface area contributed by atoms with E-state index in [1.54, 1.807) is 0 Å². The van der Waals surface area contributed by atoms with E-state index in [1.165, 1.54) is 29.6 Å². The van der Waals surface area contributed by atoms with E-state index < -0.39 is 0 Å². The van der Waals surface area contributed by atoms with Crippen molar-refractivity contribution in [2.75, 3.05) is 12.8 Å². The maximum absolute atomic E-state index is 11.6. The van der Waals surface area contributed by atoms with Crippen LogP contribution in [0.15, 0.2) is 6.20 Å². The molecule has 0 aromatic carbocycles. The predicted octanol–water partition coefficient (Wildman–Crippen LogP) is 2.15. The van der Waals surface area contributed by atoms with Crippen LogP contribution in [-0.4, -0.2) is 18.1 Å². The van der Waals surface area contributed by atoms with Gasteiger partial charge < -0.3 is 10.5 Å². The molecule has 0 bridgehead atoms. The minimum Gasteiger partial charge on any atom is -0.465 e. The molecule has 3 rings (SSSR count). The first-order chi connectivity index (χ1) is 8.22. The molecule has 2 aromatic rings. The van der Waals surface area contributed by atoms with Gasteiger partial charge in [-0.15, -0.1) is 11.3 Å². The van der Waals surface area contributed by atoms with E-state index >= 15 is 0 Å². The highest BCUT2D eigenvalue weighted by atomic mass is 32.1. The number of nitrogens with zero attached hydrogens (tertiary/aromatic N) is 1. The smallest absolute Gasteiger partial charge is 0.350 e. The van der Waals surface area contributed by atoms with Crippen LogP contribution in [0.5, 0.6) is 0 Å². The third-order valence-electron chi connectivity index (χ3n) is 3.20. The number of nitrogen functional groups attached to an aromatic ring is 1. The fourth-order valence-electron chi connectivity index (χ4n) is 2.39. The Kier molecular flexibility index (Phi) is 2.29. The molecule has 0 amide bonds. The molecule has 0 saturated heterocycles. The molecule has 4 nitrogen and oxygen atoms in total. The summed E-state index contributed by atoms with van der Waals surface area (Å²) in [6, 6.07) is 0. The molecule has 2 aromatic heterocycles. The zero-order chi connectivity index (χ0) is 12.0. The molecule has 1 aliphatic carbocycles. The lowest BCUT2D eigenvalue weighted by Gasteiger charge is -2.01. The van der Waals surface area contributed by atoms with Crippen LogP contribution >= 0.6 is 11.3 Å². The maximum atomic E-state index is 11.6. The lowest BCUT2D eigenvalue weighted by Crippen LogP contribution is -2.01. The maximum Gasteiger partial charge on any atom is 0.350 e. The van der Waals surface area contributed by atoms with Gasteiger partial charge in [0.15, 0.2) is 0 Å². The van der Waals surface area contributed by atoms with Crippen molar-refractivity contribution in [3.63, 3.8) is 0 Å². The number of rotatable bonds is 1. The molecule has 0 aliphatic heterocycles. The molecule has 2 N–H and O–H groups in total. The van der Waals surface area contributed by atoms with Gasteiger partial charge in [0.25, 0.3) is 0 Å². The van der Waals surface area contributed by atoms with E-state index in [0.717, 1.165) is 29.5 Å². The number of anilines is 1. The van der Waals surface area contributed by atoms with E-state index in [1.807, 2.05) is 6.20 Å². The van der Waals surface area contributed by atoms with E-state index in [2.05, 4.69) is 4.98 Å². The van der Waals surface area contributed by atoms with Crippen LogP contribution in [0, 0.1) is 0 Å². The van der Waals surface area contributed by atoms with Crippen molar-refractivity contribution >= 4 is 33.2 Å². The molecule has 0 atom stereocenters. The van der Waals surface area contributed by atoms with Gasteiger partial charge in [0.1, 0.15) is 9.71 Å². The third-order valence-corrected chi connectivity index (χ3v) is 4.29. The number of aromatic nitrogens is 1. The zero-order valence-electron chi connectivity index (χ0n) is 9.45. The van der Waals surface area contributed by atoms with Gasteiger partial charge in [-0.3, -0.25) is 0 Å². The molecule has 0 spiro atoms. The quantitative estimate of drug-likeness (QED) is 0.785. The SMILES string of the molecule is COC(=O)c1sc2ncc3c(c2c1N)CCC3. The number of hydrogen-bond donors (Lipinski definition) is 1. The van der Waals surface area contributed by atoms with Crippen molar-refractivity contribution in [2.24, 2.45) is 0 Å². The average molecular weight is 248 g/mol. The third kappa shape index (κ3) is 1.42. The summed E-state index contributed by atoms with van der Waals surface area (Å²) >= 11 is 1.31. The van der Waals surface area contributed by atoms with Crippen LogP contribution in [0.4, 0.5) is 5.69 Å². The summed E-state index contributed by atoms with van der Waals surface area (Å²) < 4.78 is 4.73. The molecular formula is C12H12N2O2S. The average Bonchev–Trinajstić information content (AvgIpc) is 2.92. The Labute approximate surface area is 102 Å². The van der Waals surface area contributed by atoms with Gasteiger partial charge in [-0.25, -0.2) is 9.78 Å². The second kappa shape index (κ2) is 3.70. The Bertz CT molecular complexity index is 618. The number of carbonyl (C=O) groups excluding carboxylic acids is 1. The fraction of sp³-hybridized carbons (Fsp3) is 0.333. The van der Waals surface area contributed by atoms with Crippen LogP contribution in [0.2, 0.25) is 0 Å². The molecule has 17 heavy (non-hydrogen) atoms. The van der Waals surface area contributed by atoms with Gasteiger partial charge in [-0.05, 0) is 30.4 Å². The van der Waals surface area contributed by atoms with Crippen LogP contribution in [0.25, 0.3) is 10.2 Å².